The van der Waals surface area contributed by atoms with Gasteiger partial charge < -0.3 is 18.7 Å². The predicted molar refractivity (Wildman–Crippen MR) is 102 cm³/mol. The smallest absolute Gasteiger partial charge is 0.292 e. The lowest BCUT2D eigenvalue weighted by Crippen LogP contribution is -2.45. The number of carbonyl (C=O) groups excluding carboxylic acids is 1. The lowest BCUT2D eigenvalue weighted by Gasteiger charge is -2.32. The molecule has 0 N–H and O–H groups in total. The first-order valence-corrected chi connectivity index (χ1v) is 9.59. The summed E-state index contributed by atoms with van der Waals surface area (Å²) in [6.07, 6.45) is 2.96. The van der Waals surface area contributed by atoms with Crippen molar-refractivity contribution in [3.8, 4) is 11.3 Å². The molecule has 29 heavy (non-hydrogen) atoms. The molecular weight excluding hydrogens is 374 g/mol. The van der Waals surface area contributed by atoms with Crippen LogP contribution in [0.25, 0.3) is 11.3 Å². The van der Waals surface area contributed by atoms with Gasteiger partial charge in [-0.15, -0.1) is 0 Å². The number of ether oxygens (including phenoxy) is 1. The zero-order valence-electron chi connectivity index (χ0n) is 16.7. The van der Waals surface area contributed by atoms with Crippen molar-refractivity contribution in [3.63, 3.8) is 0 Å². The number of rotatable bonds is 5. The van der Waals surface area contributed by atoms with Crippen LogP contribution in [0.15, 0.2) is 27.5 Å². The van der Waals surface area contributed by atoms with E-state index in [4.69, 9.17) is 13.8 Å². The topological polar surface area (TPSA) is 107 Å². The maximum atomic E-state index is 12.6. The van der Waals surface area contributed by atoms with Crippen LogP contribution in [0.3, 0.4) is 0 Å². The third-order valence-electron chi connectivity index (χ3n) is 5.00. The third kappa shape index (κ3) is 4.19. The molecule has 0 aromatic carbocycles. The summed E-state index contributed by atoms with van der Waals surface area (Å²) >= 11 is 0. The van der Waals surface area contributed by atoms with Crippen LogP contribution in [0.4, 0.5) is 0 Å². The van der Waals surface area contributed by atoms with Gasteiger partial charge in [0.1, 0.15) is 12.1 Å². The maximum Gasteiger partial charge on any atom is 0.292 e. The van der Waals surface area contributed by atoms with Crippen molar-refractivity contribution >= 4 is 5.91 Å². The molecule has 1 aliphatic rings. The summed E-state index contributed by atoms with van der Waals surface area (Å²) in [5, 5.41) is 7.78. The van der Waals surface area contributed by atoms with Gasteiger partial charge in [0, 0.05) is 24.8 Å². The average molecular weight is 397 g/mol. The molecule has 1 unspecified atom stereocenters. The quantitative estimate of drug-likeness (QED) is 0.646. The molecule has 3 aromatic rings. The molecule has 0 radical (unpaired) electrons. The second kappa shape index (κ2) is 8.12. The van der Waals surface area contributed by atoms with Crippen molar-refractivity contribution in [1.82, 2.24) is 25.2 Å². The molecule has 9 heteroatoms. The number of aromatic nitrogens is 4. The van der Waals surface area contributed by atoms with Crippen molar-refractivity contribution in [1.29, 1.82) is 0 Å². The first-order valence-electron chi connectivity index (χ1n) is 9.59. The van der Waals surface area contributed by atoms with E-state index in [-0.39, 0.29) is 17.8 Å². The third-order valence-corrected chi connectivity index (χ3v) is 5.00. The maximum absolute atomic E-state index is 12.6. The predicted octanol–water partition coefficient (Wildman–Crippen LogP) is 2.52. The number of amides is 1. The molecule has 1 fully saturated rings. The standard InChI is InChI=1S/C20H23N5O4/c1-12-8-18(29-23-12)20(26)25-6-7-27-16(10-25)5-4-15-9-17(22-11-21-15)19-13(2)24-28-14(19)3/h8-9,11,16H,4-7,10H2,1-3H3. The number of hydrogen-bond donors (Lipinski definition) is 0. The number of carbonyl (C=O) groups is 1. The van der Waals surface area contributed by atoms with Crippen LogP contribution in [0.5, 0.6) is 0 Å². The fourth-order valence-electron chi connectivity index (χ4n) is 3.53. The Bertz CT molecular complexity index is 992. The van der Waals surface area contributed by atoms with Crippen LogP contribution in [0.1, 0.15) is 39.8 Å². The molecule has 9 nitrogen and oxygen atoms in total. The highest BCUT2D eigenvalue weighted by molar-refractivity contribution is 5.91. The molecule has 1 aliphatic heterocycles. The molecule has 1 saturated heterocycles. The van der Waals surface area contributed by atoms with Gasteiger partial charge in [0.05, 0.1) is 35.4 Å². The Morgan fingerprint density at radius 3 is 2.76 bits per heavy atom. The second-order valence-electron chi connectivity index (χ2n) is 7.21. The van der Waals surface area contributed by atoms with Crippen molar-refractivity contribution in [2.75, 3.05) is 19.7 Å². The summed E-state index contributed by atoms with van der Waals surface area (Å²) in [4.78, 5) is 23.1. The molecular formula is C20H23N5O4. The fraction of sp³-hybridized carbons (Fsp3) is 0.450. The SMILES string of the molecule is Cc1cc(C(=O)N2CCOC(CCc3cc(-c4c(C)noc4C)ncn3)C2)on1. The Morgan fingerprint density at radius 2 is 2.03 bits per heavy atom. The first kappa shape index (κ1) is 19.3. The summed E-state index contributed by atoms with van der Waals surface area (Å²) < 4.78 is 16.2. The number of aryl methyl sites for hydroxylation is 4. The van der Waals surface area contributed by atoms with E-state index in [1.165, 1.54) is 0 Å². The highest BCUT2D eigenvalue weighted by Crippen LogP contribution is 2.25. The van der Waals surface area contributed by atoms with Gasteiger partial charge in [-0.3, -0.25) is 4.79 Å². The van der Waals surface area contributed by atoms with E-state index >= 15 is 0 Å². The number of hydrogen-bond acceptors (Lipinski definition) is 8. The molecule has 0 bridgehead atoms. The minimum absolute atomic E-state index is 0.0609. The number of nitrogens with zero attached hydrogens (tertiary/aromatic N) is 5. The van der Waals surface area contributed by atoms with Gasteiger partial charge in [0.25, 0.3) is 5.91 Å². The van der Waals surface area contributed by atoms with Crippen LogP contribution in [0.2, 0.25) is 0 Å². The average Bonchev–Trinajstić information content (AvgIpc) is 3.31. The number of morpholine rings is 1. The molecule has 152 valence electrons. The van der Waals surface area contributed by atoms with E-state index in [1.807, 2.05) is 19.9 Å². The second-order valence-corrected chi connectivity index (χ2v) is 7.21. The Hall–Kier alpha value is -3.07. The minimum atomic E-state index is -0.151. The van der Waals surface area contributed by atoms with Gasteiger partial charge >= 0.3 is 0 Å². The van der Waals surface area contributed by atoms with Crippen LogP contribution in [-0.2, 0) is 11.2 Å². The molecule has 1 atom stereocenters. The van der Waals surface area contributed by atoms with Crippen molar-refractivity contribution in [3.05, 3.63) is 47.1 Å². The molecule has 1 amide bonds. The van der Waals surface area contributed by atoms with Gasteiger partial charge in [-0.25, -0.2) is 9.97 Å². The minimum Gasteiger partial charge on any atom is -0.375 e. The largest absolute Gasteiger partial charge is 0.375 e. The van der Waals surface area contributed by atoms with Crippen molar-refractivity contribution in [2.45, 2.75) is 39.7 Å². The molecule has 4 rings (SSSR count). The van der Waals surface area contributed by atoms with Gasteiger partial charge in [-0.05, 0) is 39.7 Å². The molecule has 3 aromatic heterocycles. The van der Waals surface area contributed by atoms with E-state index in [0.717, 1.165) is 34.8 Å². The van der Waals surface area contributed by atoms with Gasteiger partial charge in [0.2, 0.25) is 5.76 Å². The zero-order chi connectivity index (χ0) is 20.4. The molecule has 4 heterocycles. The van der Waals surface area contributed by atoms with Crippen LogP contribution in [0, 0.1) is 20.8 Å². The van der Waals surface area contributed by atoms with Crippen LogP contribution in [-0.4, -0.2) is 56.9 Å². The van der Waals surface area contributed by atoms with E-state index in [1.54, 1.807) is 24.2 Å². The van der Waals surface area contributed by atoms with E-state index in [9.17, 15) is 4.79 Å². The van der Waals surface area contributed by atoms with Gasteiger partial charge in [0.15, 0.2) is 0 Å². The lowest BCUT2D eigenvalue weighted by atomic mass is 10.1. The zero-order valence-corrected chi connectivity index (χ0v) is 16.7. The Morgan fingerprint density at radius 1 is 1.17 bits per heavy atom. The summed E-state index contributed by atoms with van der Waals surface area (Å²) in [5.74, 6) is 0.851. The molecule has 0 spiro atoms. The van der Waals surface area contributed by atoms with Crippen LogP contribution >= 0.6 is 0 Å². The molecule has 0 saturated carbocycles. The van der Waals surface area contributed by atoms with Crippen molar-refractivity contribution < 1.29 is 18.6 Å². The highest BCUT2D eigenvalue weighted by Gasteiger charge is 2.27. The summed E-state index contributed by atoms with van der Waals surface area (Å²) in [7, 11) is 0. The van der Waals surface area contributed by atoms with Gasteiger partial charge in [-0.2, -0.15) is 0 Å². The fourth-order valence-corrected chi connectivity index (χ4v) is 3.53. The summed E-state index contributed by atoms with van der Waals surface area (Å²) in [5.41, 5.74) is 4.11. The first-order chi connectivity index (χ1) is 14.0. The monoisotopic (exact) mass is 397 g/mol. The Balaban J connectivity index is 1.39. The van der Waals surface area contributed by atoms with E-state index in [2.05, 4.69) is 20.3 Å². The van der Waals surface area contributed by atoms with E-state index in [0.29, 0.717) is 31.8 Å². The lowest BCUT2D eigenvalue weighted by molar-refractivity contribution is -0.0258. The Labute approximate surface area is 168 Å². The molecule has 0 aliphatic carbocycles. The van der Waals surface area contributed by atoms with E-state index < -0.39 is 0 Å². The van der Waals surface area contributed by atoms with Gasteiger partial charge in [-0.1, -0.05) is 10.3 Å². The van der Waals surface area contributed by atoms with Crippen LogP contribution < -0.4 is 0 Å². The summed E-state index contributed by atoms with van der Waals surface area (Å²) in [6, 6.07) is 3.61. The Kier molecular flexibility index (Phi) is 5.39. The summed E-state index contributed by atoms with van der Waals surface area (Å²) in [6.45, 7) is 7.11. The van der Waals surface area contributed by atoms with Crippen molar-refractivity contribution in [2.24, 2.45) is 0 Å². The highest BCUT2D eigenvalue weighted by atomic mass is 16.5. The normalized spacial score (nSPS) is 16.9.